The molecule has 0 amide bonds. The largest absolute Gasteiger partial charge is 0.319 e. The Balaban J connectivity index is 2.16. The Kier molecular flexibility index (Phi) is 4.20. The van der Waals surface area contributed by atoms with Crippen molar-refractivity contribution < 1.29 is 8.42 Å². The van der Waals surface area contributed by atoms with Crippen LogP contribution in [0.1, 0.15) is 12.0 Å². The molecule has 19 heavy (non-hydrogen) atoms. The van der Waals surface area contributed by atoms with Crippen molar-refractivity contribution in [2.45, 2.75) is 11.3 Å². The molecule has 0 aromatic heterocycles. The number of nitrogens with one attached hydrogen (secondary N) is 1. The Hall–Kier alpha value is -1.42. The van der Waals surface area contributed by atoms with E-state index >= 15 is 0 Å². The van der Waals surface area contributed by atoms with Crippen LogP contribution >= 0.6 is 0 Å². The van der Waals surface area contributed by atoms with Gasteiger partial charge in [0, 0.05) is 13.1 Å². The Bertz CT molecular complexity index is 575. The van der Waals surface area contributed by atoms with Gasteiger partial charge in [0.25, 0.3) is 0 Å². The predicted octanol–water partition coefficient (Wildman–Crippen LogP) is 0.788. The second-order valence-corrected chi connectivity index (χ2v) is 6.65. The maximum absolute atomic E-state index is 12.4. The molecule has 0 saturated carbocycles. The zero-order valence-electron chi connectivity index (χ0n) is 10.8. The van der Waals surface area contributed by atoms with E-state index in [9.17, 15) is 8.42 Å². The van der Waals surface area contributed by atoms with Gasteiger partial charge >= 0.3 is 0 Å². The monoisotopic (exact) mass is 279 g/mol. The van der Waals surface area contributed by atoms with E-state index in [1.807, 2.05) is 13.1 Å². The highest BCUT2D eigenvalue weighted by Gasteiger charge is 2.31. The minimum atomic E-state index is -3.42. The van der Waals surface area contributed by atoms with Crippen LogP contribution in [0.2, 0.25) is 0 Å². The van der Waals surface area contributed by atoms with E-state index < -0.39 is 10.0 Å². The fourth-order valence-electron chi connectivity index (χ4n) is 2.32. The molecule has 1 aliphatic heterocycles. The van der Waals surface area contributed by atoms with Crippen molar-refractivity contribution >= 4 is 10.0 Å². The predicted molar refractivity (Wildman–Crippen MR) is 71.9 cm³/mol. The maximum Gasteiger partial charge on any atom is 0.243 e. The lowest BCUT2D eigenvalue weighted by molar-refractivity contribution is 0.451. The van der Waals surface area contributed by atoms with Gasteiger partial charge in [0.2, 0.25) is 10.0 Å². The minimum absolute atomic E-state index is 0.261. The van der Waals surface area contributed by atoms with E-state index in [2.05, 4.69) is 5.32 Å². The molecule has 1 N–H and O–H groups in total. The third kappa shape index (κ3) is 2.95. The first kappa shape index (κ1) is 14.0. The third-order valence-corrected chi connectivity index (χ3v) is 5.24. The molecule has 1 atom stereocenters. The standard InChI is InChI=1S/C13H17N3O2S/c1-15-9-12-6-7-16(10-12)19(17,18)13-4-2-11(8-14)3-5-13/h2-5,12,15H,6-7,9-10H2,1H3. The van der Waals surface area contributed by atoms with Gasteiger partial charge < -0.3 is 5.32 Å². The molecular formula is C13H17N3O2S. The fourth-order valence-corrected chi connectivity index (χ4v) is 3.85. The Labute approximate surface area is 113 Å². The molecule has 0 bridgehead atoms. The lowest BCUT2D eigenvalue weighted by Gasteiger charge is -2.16. The van der Waals surface area contributed by atoms with Crippen LogP contribution in [0.4, 0.5) is 0 Å². The summed E-state index contributed by atoms with van der Waals surface area (Å²) in [5.74, 6) is 0.373. The molecule has 1 saturated heterocycles. The van der Waals surface area contributed by atoms with Crippen molar-refractivity contribution in [2.24, 2.45) is 5.92 Å². The van der Waals surface area contributed by atoms with E-state index in [0.29, 0.717) is 24.6 Å². The Morgan fingerprint density at radius 2 is 2.11 bits per heavy atom. The molecule has 1 aromatic carbocycles. The first-order valence-corrected chi connectivity index (χ1v) is 7.67. The zero-order chi connectivity index (χ0) is 13.9. The summed E-state index contributed by atoms with van der Waals surface area (Å²) < 4.78 is 26.3. The molecule has 1 unspecified atom stereocenters. The summed E-state index contributed by atoms with van der Waals surface area (Å²) in [6, 6.07) is 8.05. The number of hydrogen-bond acceptors (Lipinski definition) is 4. The van der Waals surface area contributed by atoms with E-state index in [4.69, 9.17) is 5.26 Å². The van der Waals surface area contributed by atoms with E-state index in [-0.39, 0.29) is 4.90 Å². The molecule has 5 nitrogen and oxygen atoms in total. The van der Waals surface area contributed by atoms with Crippen molar-refractivity contribution in [1.82, 2.24) is 9.62 Å². The van der Waals surface area contributed by atoms with Gasteiger partial charge in [0.05, 0.1) is 16.5 Å². The van der Waals surface area contributed by atoms with Crippen LogP contribution in [0, 0.1) is 17.2 Å². The van der Waals surface area contributed by atoms with E-state index in [1.54, 1.807) is 0 Å². The lowest BCUT2D eigenvalue weighted by atomic mass is 10.1. The molecule has 1 aromatic rings. The normalized spacial score (nSPS) is 20.3. The summed E-state index contributed by atoms with van der Waals surface area (Å²) in [5.41, 5.74) is 0.466. The highest BCUT2D eigenvalue weighted by Crippen LogP contribution is 2.24. The van der Waals surface area contributed by atoms with Crippen molar-refractivity contribution in [2.75, 3.05) is 26.7 Å². The molecule has 0 radical (unpaired) electrons. The Morgan fingerprint density at radius 3 is 2.68 bits per heavy atom. The number of rotatable bonds is 4. The van der Waals surface area contributed by atoms with Crippen LogP contribution < -0.4 is 5.32 Å². The zero-order valence-corrected chi connectivity index (χ0v) is 11.7. The molecule has 6 heteroatoms. The SMILES string of the molecule is CNCC1CCN(S(=O)(=O)c2ccc(C#N)cc2)C1. The number of hydrogen-bond donors (Lipinski definition) is 1. The van der Waals surface area contributed by atoms with Crippen molar-refractivity contribution in [1.29, 1.82) is 5.26 Å². The lowest BCUT2D eigenvalue weighted by Crippen LogP contribution is -2.30. The van der Waals surface area contributed by atoms with Gasteiger partial charge in [-0.3, -0.25) is 0 Å². The average molecular weight is 279 g/mol. The molecule has 0 aliphatic carbocycles. The third-order valence-electron chi connectivity index (χ3n) is 3.36. The topological polar surface area (TPSA) is 73.2 Å². The number of sulfonamides is 1. The molecular weight excluding hydrogens is 262 g/mol. The molecule has 2 rings (SSSR count). The summed E-state index contributed by atoms with van der Waals surface area (Å²) in [6.45, 7) is 1.96. The number of benzene rings is 1. The van der Waals surface area contributed by atoms with Crippen LogP contribution in [-0.2, 0) is 10.0 Å². The molecule has 1 fully saturated rings. The highest BCUT2D eigenvalue weighted by molar-refractivity contribution is 7.89. The summed E-state index contributed by atoms with van der Waals surface area (Å²) in [6.07, 6.45) is 0.885. The first-order chi connectivity index (χ1) is 9.07. The first-order valence-electron chi connectivity index (χ1n) is 6.23. The van der Waals surface area contributed by atoms with Crippen LogP contribution in [0.25, 0.3) is 0 Å². The molecule has 1 heterocycles. The summed E-state index contributed by atoms with van der Waals surface area (Å²) in [5, 5.41) is 11.8. The van der Waals surface area contributed by atoms with Crippen LogP contribution in [-0.4, -0.2) is 39.4 Å². The van der Waals surface area contributed by atoms with Crippen molar-refractivity contribution in [3.8, 4) is 6.07 Å². The van der Waals surface area contributed by atoms with Gasteiger partial charge in [0.15, 0.2) is 0 Å². The van der Waals surface area contributed by atoms with Gasteiger partial charge in [-0.1, -0.05) is 0 Å². The fraction of sp³-hybridized carbons (Fsp3) is 0.462. The highest BCUT2D eigenvalue weighted by atomic mass is 32.2. The summed E-state index contributed by atoms with van der Waals surface area (Å²) in [7, 11) is -1.55. The van der Waals surface area contributed by atoms with Gasteiger partial charge in [-0.25, -0.2) is 8.42 Å². The summed E-state index contributed by atoms with van der Waals surface area (Å²) in [4.78, 5) is 0.261. The van der Waals surface area contributed by atoms with Crippen LogP contribution in [0.15, 0.2) is 29.2 Å². The van der Waals surface area contributed by atoms with Gasteiger partial charge in [-0.2, -0.15) is 9.57 Å². The molecule has 102 valence electrons. The van der Waals surface area contributed by atoms with Crippen molar-refractivity contribution in [3.63, 3.8) is 0 Å². The van der Waals surface area contributed by atoms with E-state index in [1.165, 1.54) is 28.6 Å². The Morgan fingerprint density at radius 1 is 1.42 bits per heavy atom. The minimum Gasteiger partial charge on any atom is -0.319 e. The van der Waals surface area contributed by atoms with Crippen molar-refractivity contribution in [3.05, 3.63) is 29.8 Å². The van der Waals surface area contributed by atoms with Crippen LogP contribution in [0.3, 0.4) is 0 Å². The van der Waals surface area contributed by atoms with Crippen LogP contribution in [0.5, 0.6) is 0 Å². The van der Waals surface area contributed by atoms with E-state index in [0.717, 1.165) is 13.0 Å². The second-order valence-electron chi connectivity index (χ2n) is 4.71. The van der Waals surface area contributed by atoms with Gasteiger partial charge in [-0.05, 0) is 50.2 Å². The smallest absolute Gasteiger partial charge is 0.243 e. The number of nitrogens with zero attached hydrogens (tertiary/aromatic N) is 2. The average Bonchev–Trinajstić information content (AvgIpc) is 2.89. The molecule has 0 spiro atoms. The summed E-state index contributed by atoms with van der Waals surface area (Å²) >= 11 is 0. The molecule has 1 aliphatic rings. The second kappa shape index (κ2) is 5.70. The number of nitriles is 1. The maximum atomic E-state index is 12.4. The van der Waals surface area contributed by atoms with Gasteiger partial charge in [-0.15, -0.1) is 0 Å². The van der Waals surface area contributed by atoms with Gasteiger partial charge in [0.1, 0.15) is 0 Å². The quantitative estimate of drug-likeness (QED) is 0.884.